The van der Waals surface area contributed by atoms with E-state index in [9.17, 15) is 14.4 Å². The number of fused-ring (bicyclic) bond motifs is 1. The van der Waals surface area contributed by atoms with Crippen molar-refractivity contribution < 1.29 is 19.1 Å². The molecule has 7 nitrogen and oxygen atoms in total. The van der Waals surface area contributed by atoms with Gasteiger partial charge in [0, 0.05) is 38.9 Å². The molecule has 3 aliphatic heterocycles. The third-order valence-electron chi connectivity index (χ3n) is 6.24. The first-order valence-electron chi connectivity index (χ1n) is 10.5. The molecule has 3 aliphatic rings. The normalized spacial score (nSPS) is 27.2. The molecule has 4 rings (SSSR count). The minimum Gasteiger partial charge on any atom is -0.467 e. The van der Waals surface area contributed by atoms with Crippen molar-refractivity contribution in [3.8, 4) is 5.75 Å². The standard InChI is InChI=1S/C22H29N3O4/c1-15-5-6-18-17(12-15)21(28)23-22(29-18)8-7-19(26)25(11-9-22)14-20(27)24-10-3-4-16(2)13-24/h5-6,12,16H,3-4,7-11,13-14H2,1-2H3,(H,23,28)/t16-,22+/m0/s1. The van der Waals surface area contributed by atoms with Crippen LogP contribution in [0.5, 0.6) is 5.75 Å². The summed E-state index contributed by atoms with van der Waals surface area (Å²) in [6.45, 7) is 6.11. The van der Waals surface area contributed by atoms with E-state index in [2.05, 4.69) is 12.2 Å². The van der Waals surface area contributed by atoms with E-state index in [1.165, 1.54) is 0 Å². The summed E-state index contributed by atoms with van der Waals surface area (Å²) in [4.78, 5) is 41.5. The SMILES string of the molecule is Cc1ccc2c(c1)C(=O)N[C@]1(CCC(=O)N(CC(=O)N3CCC[C@H](C)C3)CC1)O2. The summed E-state index contributed by atoms with van der Waals surface area (Å²) in [5.74, 6) is 0.835. The van der Waals surface area contributed by atoms with Gasteiger partial charge in [0.05, 0.1) is 12.1 Å². The van der Waals surface area contributed by atoms with Crippen LogP contribution in [0.4, 0.5) is 0 Å². The van der Waals surface area contributed by atoms with E-state index in [0.29, 0.717) is 36.6 Å². The Kier molecular flexibility index (Phi) is 5.23. The zero-order valence-corrected chi connectivity index (χ0v) is 17.2. The van der Waals surface area contributed by atoms with Gasteiger partial charge in [-0.05, 0) is 37.8 Å². The van der Waals surface area contributed by atoms with Crippen LogP contribution < -0.4 is 10.1 Å². The highest BCUT2D eigenvalue weighted by Crippen LogP contribution is 2.34. The van der Waals surface area contributed by atoms with E-state index < -0.39 is 5.72 Å². The van der Waals surface area contributed by atoms with Gasteiger partial charge in [0.2, 0.25) is 11.8 Å². The molecule has 0 saturated carbocycles. The van der Waals surface area contributed by atoms with Crippen LogP contribution in [0.1, 0.15) is 54.9 Å². The molecular weight excluding hydrogens is 370 g/mol. The number of carbonyl (C=O) groups is 3. The van der Waals surface area contributed by atoms with E-state index >= 15 is 0 Å². The number of benzene rings is 1. The summed E-state index contributed by atoms with van der Waals surface area (Å²) in [7, 11) is 0. The van der Waals surface area contributed by atoms with Gasteiger partial charge in [0.15, 0.2) is 5.72 Å². The van der Waals surface area contributed by atoms with Gasteiger partial charge in [-0.3, -0.25) is 14.4 Å². The lowest BCUT2D eigenvalue weighted by atomic mass is 9.99. The van der Waals surface area contributed by atoms with Gasteiger partial charge < -0.3 is 19.9 Å². The van der Waals surface area contributed by atoms with Gasteiger partial charge in [-0.25, -0.2) is 0 Å². The van der Waals surface area contributed by atoms with Crippen molar-refractivity contribution in [2.45, 2.75) is 51.7 Å². The average Bonchev–Trinajstić information content (AvgIpc) is 2.83. The summed E-state index contributed by atoms with van der Waals surface area (Å²) >= 11 is 0. The lowest BCUT2D eigenvalue weighted by Crippen LogP contribution is -2.56. The number of piperidine rings is 1. The molecule has 2 atom stereocenters. The summed E-state index contributed by atoms with van der Waals surface area (Å²) in [5.41, 5.74) is 0.621. The largest absolute Gasteiger partial charge is 0.467 e. The molecule has 3 amide bonds. The van der Waals surface area contributed by atoms with Crippen LogP contribution in [-0.4, -0.2) is 59.4 Å². The van der Waals surface area contributed by atoms with Crippen LogP contribution in [0.25, 0.3) is 0 Å². The molecule has 0 bridgehead atoms. The highest BCUT2D eigenvalue weighted by Gasteiger charge is 2.43. The van der Waals surface area contributed by atoms with Crippen molar-refractivity contribution in [1.82, 2.24) is 15.1 Å². The van der Waals surface area contributed by atoms with Crippen LogP contribution in [0.2, 0.25) is 0 Å². The molecule has 2 fully saturated rings. The van der Waals surface area contributed by atoms with Crippen LogP contribution in [0.15, 0.2) is 18.2 Å². The minimum atomic E-state index is -0.896. The fraction of sp³-hybridized carbons (Fsp3) is 0.591. The summed E-state index contributed by atoms with van der Waals surface area (Å²) < 4.78 is 6.19. The smallest absolute Gasteiger partial charge is 0.258 e. The Morgan fingerprint density at radius 2 is 2.10 bits per heavy atom. The van der Waals surface area contributed by atoms with Gasteiger partial charge in [0.25, 0.3) is 5.91 Å². The summed E-state index contributed by atoms with van der Waals surface area (Å²) in [6, 6.07) is 5.54. The first kappa shape index (κ1) is 19.7. The Balaban J connectivity index is 1.44. The van der Waals surface area contributed by atoms with Crippen LogP contribution in [-0.2, 0) is 9.59 Å². The molecule has 0 aromatic heterocycles. The Morgan fingerprint density at radius 1 is 1.28 bits per heavy atom. The second-order valence-electron chi connectivity index (χ2n) is 8.70. The molecule has 3 heterocycles. The molecular formula is C22H29N3O4. The van der Waals surface area contributed by atoms with E-state index in [0.717, 1.165) is 31.5 Å². The molecule has 7 heteroatoms. The number of nitrogens with one attached hydrogen (secondary N) is 1. The van der Waals surface area contributed by atoms with Crippen molar-refractivity contribution >= 4 is 17.7 Å². The maximum Gasteiger partial charge on any atom is 0.258 e. The Bertz CT molecular complexity index is 839. The fourth-order valence-electron chi connectivity index (χ4n) is 4.53. The second kappa shape index (κ2) is 7.69. The third kappa shape index (κ3) is 4.09. The van der Waals surface area contributed by atoms with Gasteiger partial charge in [-0.15, -0.1) is 0 Å². The Labute approximate surface area is 171 Å². The molecule has 156 valence electrons. The highest BCUT2D eigenvalue weighted by atomic mass is 16.5. The summed E-state index contributed by atoms with van der Waals surface area (Å²) in [5, 5.41) is 2.98. The van der Waals surface area contributed by atoms with Gasteiger partial charge in [-0.1, -0.05) is 18.6 Å². The summed E-state index contributed by atoms with van der Waals surface area (Å²) in [6.07, 6.45) is 3.26. The lowest BCUT2D eigenvalue weighted by molar-refractivity contribution is -0.141. The molecule has 1 aromatic carbocycles. The predicted octanol–water partition coefficient (Wildman–Crippen LogP) is 2.08. The van der Waals surface area contributed by atoms with Crippen molar-refractivity contribution in [2.24, 2.45) is 5.92 Å². The number of aryl methyl sites for hydroxylation is 1. The van der Waals surface area contributed by atoms with E-state index in [-0.39, 0.29) is 30.7 Å². The van der Waals surface area contributed by atoms with Gasteiger partial charge >= 0.3 is 0 Å². The Morgan fingerprint density at radius 3 is 2.90 bits per heavy atom. The van der Waals surface area contributed by atoms with E-state index in [1.807, 2.05) is 30.0 Å². The molecule has 0 aliphatic carbocycles. The number of amides is 3. The number of hydrogen-bond donors (Lipinski definition) is 1. The molecule has 1 N–H and O–H groups in total. The van der Waals surface area contributed by atoms with Crippen molar-refractivity contribution in [1.29, 1.82) is 0 Å². The number of nitrogens with zero attached hydrogens (tertiary/aromatic N) is 2. The van der Waals surface area contributed by atoms with Gasteiger partial charge in [-0.2, -0.15) is 0 Å². The minimum absolute atomic E-state index is 0.00951. The maximum atomic E-state index is 12.7. The molecule has 1 spiro atoms. The topological polar surface area (TPSA) is 79.0 Å². The zero-order chi connectivity index (χ0) is 20.6. The number of likely N-dealkylation sites (tertiary alicyclic amines) is 2. The van der Waals surface area contributed by atoms with Gasteiger partial charge in [0.1, 0.15) is 5.75 Å². The maximum absolute atomic E-state index is 12.7. The number of rotatable bonds is 2. The fourth-order valence-corrected chi connectivity index (χ4v) is 4.53. The highest BCUT2D eigenvalue weighted by molar-refractivity contribution is 5.98. The second-order valence-corrected chi connectivity index (χ2v) is 8.70. The van der Waals surface area contributed by atoms with E-state index in [1.54, 1.807) is 4.90 Å². The van der Waals surface area contributed by atoms with Crippen molar-refractivity contribution in [2.75, 3.05) is 26.2 Å². The molecule has 29 heavy (non-hydrogen) atoms. The Hall–Kier alpha value is -2.57. The van der Waals surface area contributed by atoms with Crippen LogP contribution in [0.3, 0.4) is 0 Å². The molecule has 0 radical (unpaired) electrons. The monoisotopic (exact) mass is 399 g/mol. The first-order chi connectivity index (χ1) is 13.8. The lowest BCUT2D eigenvalue weighted by Gasteiger charge is -2.38. The quantitative estimate of drug-likeness (QED) is 0.826. The number of ether oxygens (including phenoxy) is 1. The molecule has 2 saturated heterocycles. The predicted molar refractivity (Wildman–Crippen MR) is 107 cm³/mol. The van der Waals surface area contributed by atoms with Crippen LogP contribution in [0, 0.1) is 12.8 Å². The van der Waals surface area contributed by atoms with Crippen LogP contribution >= 0.6 is 0 Å². The first-order valence-corrected chi connectivity index (χ1v) is 10.5. The van der Waals surface area contributed by atoms with Crippen molar-refractivity contribution in [3.63, 3.8) is 0 Å². The zero-order valence-electron chi connectivity index (χ0n) is 17.2. The molecule has 0 unspecified atom stereocenters. The average molecular weight is 399 g/mol. The third-order valence-corrected chi connectivity index (χ3v) is 6.24. The van der Waals surface area contributed by atoms with E-state index in [4.69, 9.17) is 4.74 Å². The molecule has 1 aromatic rings. The van der Waals surface area contributed by atoms with Crippen molar-refractivity contribution in [3.05, 3.63) is 29.3 Å². The number of carbonyl (C=O) groups excluding carboxylic acids is 3. The number of hydrogen-bond acceptors (Lipinski definition) is 4.